The zero-order valence-corrected chi connectivity index (χ0v) is 14.6. The second-order valence-corrected chi connectivity index (χ2v) is 6.89. The minimum absolute atomic E-state index is 0.0771. The number of aliphatic hydroxyl groups is 1. The lowest BCUT2D eigenvalue weighted by Gasteiger charge is -2.38. The Morgan fingerprint density at radius 1 is 1.36 bits per heavy atom. The fraction of sp³-hybridized carbons (Fsp3) is 0.526. The summed E-state index contributed by atoms with van der Waals surface area (Å²) < 4.78 is 2.06. The molecule has 1 amide bonds. The summed E-state index contributed by atoms with van der Waals surface area (Å²) in [6.45, 7) is 2.77. The molecule has 2 aromatic rings. The molecule has 0 aromatic carbocycles. The van der Waals surface area contributed by atoms with Crippen LogP contribution < -0.4 is 5.32 Å². The number of hydrogen-bond donors (Lipinski definition) is 2. The number of aromatic nitrogens is 3. The molecule has 0 aliphatic heterocycles. The van der Waals surface area contributed by atoms with E-state index in [1.54, 1.807) is 18.6 Å². The van der Waals surface area contributed by atoms with E-state index in [1.165, 1.54) is 0 Å². The van der Waals surface area contributed by atoms with Gasteiger partial charge >= 0.3 is 0 Å². The number of nitrogens with zero attached hydrogens (tertiary/aromatic N) is 3. The maximum absolute atomic E-state index is 12.4. The summed E-state index contributed by atoms with van der Waals surface area (Å²) >= 11 is 0. The van der Waals surface area contributed by atoms with E-state index in [1.807, 2.05) is 25.3 Å². The molecule has 0 spiro atoms. The Morgan fingerprint density at radius 2 is 2.12 bits per heavy atom. The third-order valence-electron chi connectivity index (χ3n) is 5.00. The molecule has 0 unspecified atom stereocenters. The first-order valence-electron chi connectivity index (χ1n) is 8.96. The first-order valence-corrected chi connectivity index (χ1v) is 8.96. The van der Waals surface area contributed by atoms with Crippen LogP contribution in [-0.4, -0.2) is 37.7 Å². The SMILES string of the molecule is Cc1nccn1CCCC(=O)N[C@H](Cc1ccncc1)C1CC(O)C1. The number of nitrogens with one attached hydrogen (secondary N) is 1. The van der Waals surface area contributed by atoms with Crippen LogP contribution in [0.4, 0.5) is 0 Å². The fourth-order valence-electron chi connectivity index (χ4n) is 3.40. The summed E-state index contributed by atoms with van der Waals surface area (Å²) in [7, 11) is 0. The Labute approximate surface area is 148 Å². The molecule has 1 fully saturated rings. The van der Waals surface area contributed by atoms with E-state index in [-0.39, 0.29) is 18.1 Å². The lowest BCUT2D eigenvalue weighted by Crippen LogP contribution is -2.48. The molecule has 2 heterocycles. The topological polar surface area (TPSA) is 80.0 Å². The molecule has 0 bridgehead atoms. The van der Waals surface area contributed by atoms with Crippen LogP contribution in [0, 0.1) is 12.8 Å². The quantitative estimate of drug-likeness (QED) is 0.767. The van der Waals surface area contributed by atoms with E-state index in [2.05, 4.69) is 19.9 Å². The van der Waals surface area contributed by atoms with Crippen molar-refractivity contribution in [3.8, 4) is 0 Å². The number of hydrogen-bond acceptors (Lipinski definition) is 4. The van der Waals surface area contributed by atoms with Crippen LogP contribution in [0.2, 0.25) is 0 Å². The summed E-state index contributed by atoms with van der Waals surface area (Å²) in [5.41, 5.74) is 1.16. The van der Waals surface area contributed by atoms with Gasteiger partial charge in [-0.25, -0.2) is 4.98 Å². The van der Waals surface area contributed by atoms with Crippen molar-refractivity contribution >= 4 is 5.91 Å². The van der Waals surface area contributed by atoms with Gasteiger partial charge in [0.25, 0.3) is 0 Å². The molecule has 1 aliphatic carbocycles. The molecule has 0 radical (unpaired) electrons. The van der Waals surface area contributed by atoms with Crippen LogP contribution in [0.3, 0.4) is 0 Å². The second kappa shape index (κ2) is 8.25. The highest BCUT2D eigenvalue weighted by molar-refractivity contribution is 5.76. The van der Waals surface area contributed by atoms with Crippen molar-refractivity contribution in [2.24, 2.45) is 5.92 Å². The normalized spacial score (nSPS) is 20.7. The van der Waals surface area contributed by atoms with E-state index in [9.17, 15) is 9.90 Å². The summed E-state index contributed by atoms with van der Waals surface area (Å²) in [5, 5.41) is 12.8. The molecule has 134 valence electrons. The predicted octanol–water partition coefficient (Wildman–Crippen LogP) is 1.87. The summed E-state index contributed by atoms with van der Waals surface area (Å²) in [4.78, 5) is 20.6. The van der Waals surface area contributed by atoms with Gasteiger partial charge in [0.2, 0.25) is 5.91 Å². The van der Waals surface area contributed by atoms with Crippen molar-refractivity contribution in [1.29, 1.82) is 0 Å². The van der Waals surface area contributed by atoms with E-state index >= 15 is 0 Å². The Bertz CT molecular complexity index is 680. The number of rotatable bonds is 8. The molecule has 1 atom stereocenters. The van der Waals surface area contributed by atoms with E-state index < -0.39 is 0 Å². The molecule has 0 saturated heterocycles. The van der Waals surface area contributed by atoms with Crippen LogP contribution in [0.25, 0.3) is 0 Å². The zero-order chi connectivity index (χ0) is 17.6. The Hall–Kier alpha value is -2.21. The summed E-state index contributed by atoms with van der Waals surface area (Å²) in [5.74, 6) is 1.40. The zero-order valence-electron chi connectivity index (χ0n) is 14.6. The van der Waals surface area contributed by atoms with Crippen molar-refractivity contribution in [1.82, 2.24) is 19.9 Å². The van der Waals surface area contributed by atoms with Gasteiger partial charge in [0, 0.05) is 43.8 Å². The highest BCUT2D eigenvalue weighted by Crippen LogP contribution is 2.31. The monoisotopic (exact) mass is 342 g/mol. The Kier molecular flexibility index (Phi) is 5.81. The Morgan fingerprint density at radius 3 is 2.76 bits per heavy atom. The molecule has 2 aromatic heterocycles. The van der Waals surface area contributed by atoms with Crippen LogP contribution >= 0.6 is 0 Å². The molecule has 2 N–H and O–H groups in total. The van der Waals surface area contributed by atoms with Gasteiger partial charge in [-0.1, -0.05) is 0 Å². The van der Waals surface area contributed by atoms with Gasteiger partial charge in [0.15, 0.2) is 0 Å². The van der Waals surface area contributed by atoms with Gasteiger partial charge in [-0.2, -0.15) is 0 Å². The first kappa shape index (κ1) is 17.6. The lowest BCUT2D eigenvalue weighted by atomic mass is 9.75. The van der Waals surface area contributed by atoms with Crippen molar-refractivity contribution in [2.75, 3.05) is 0 Å². The molecule has 3 rings (SSSR count). The van der Waals surface area contributed by atoms with Crippen LogP contribution in [0.5, 0.6) is 0 Å². The van der Waals surface area contributed by atoms with Gasteiger partial charge in [-0.15, -0.1) is 0 Å². The van der Waals surface area contributed by atoms with Gasteiger partial charge in [-0.3, -0.25) is 9.78 Å². The standard InChI is InChI=1S/C19H26N4O2/c1-14-21-8-10-23(14)9-2-3-19(25)22-18(16-12-17(24)13-16)11-15-4-6-20-7-5-15/h4-8,10,16-18,24H,2-3,9,11-13H2,1H3,(H,22,25)/t16?,17?,18-/m1/s1. The highest BCUT2D eigenvalue weighted by atomic mass is 16.3. The third kappa shape index (κ3) is 4.89. The third-order valence-corrected chi connectivity index (χ3v) is 5.00. The number of pyridine rings is 1. The Balaban J connectivity index is 1.50. The number of imidazole rings is 1. The minimum atomic E-state index is -0.217. The van der Waals surface area contributed by atoms with Crippen molar-refractivity contribution in [3.63, 3.8) is 0 Å². The maximum atomic E-state index is 12.4. The summed E-state index contributed by atoms with van der Waals surface area (Å²) in [6.07, 6.45) is 10.7. The summed E-state index contributed by atoms with van der Waals surface area (Å²) in [6, 6.07) is 4.04. The maximum Gasteiger partial charge on any atom is 0.220 e. The van der Waals surface area contributed by atoms with E-state index in [0.29, 0.717) is 12.3 Å². The van der Waals surface area contributed by atoms with E-state index in [0.717, 1.165) is 43.6 Å². The van der Waals surface area contributed by atoms with Crippen molar-refractivity contribution in [2.45, 2.75) is 57.7 Å². The van der Waals surface area contributed by atoms with Gasteiger partial charge in [0.1, 0.15) is 5.82 Å². The molecule has 25 heavy (non-hydrogen) atoms. The number of amides is 1. The predicted molar refractivity (Wildman–Crippen MR) is 94.8 cm³/mol. The molecule has 1 saturated carbocycles. The second-order valence-electron chi connectivity index (χ2n) is 6.89. The highest BCUT2D eigenvalue weighted by Gasteiger charge is 2.34. The van der Waals surface area contributed by atoms with Gasteiger partial charge in [-0.05, 0) is 56.2 Å². The fourth-order valence-corrected chi connectivity index (χ4v) is 3.40. The molecular weight excluding hydrogens is 316 g/mol. The smallest absolute Gasteiger partial charge is 0.220 e. The number of carbonyl (C=O) groups is 1. The van der Waals surface area contributed by atoms with Gasteiger partial charge < -0.3 is 15.0 Å². The molecule has 6 nitrogen and oxygen atoms in total. The van der Waals surface area contributed by atoms with Crippen LogP contribution in [-0.2, 0) is 17.8 Å². The average molecular weight is 342 g/mol. The number of carbonyl (C=O) groups excluding carboxylic acids is 1. The van der Waals surface area contributed by atoms with Crippen molar-refractivity contribution in [3.05, 3.63) is 48.3 Å². The van der Waals surface area contributed by atoms with E-state index in [4.69, 9.17) is 0 Å². The molecular formula is C19H26N4O2. The number of aryl methyl sites for hydroxylation is 2. The largest absolute Gasteiger partial charge is 0.393 e. The molecule has 1 aliphatic rings. The lowest BCUT2D eigenvalue weighted by molar-refractivity contribution is -0.123. The van der Waals surface area contributed by atoms with Crippen LogP contribution in [0.1, 0.15) is 37.1 Å². The van der Waals surface area contributed by atoms with Crippen LogP contribution in [0.15, 0.2) is 36.9 Å². The van der Waals surface area contributed by atoms with Gasteiger partial charge in [0.05, 0.1) is 6.10 Å². The molecule has 6 heteroatoms. The minimum Gasteiger partial charge on any atom is -0.393 e. The first-order chi connectivity index (χ1) is 12.1. The average Bonchev–Trinajstić information content (AvgIpc) is 2.97. The van der Waals surface area contributed by atoms with Crippen molar-refractivity contribution < 1.29 is 9.90 Å². The number of aliphatic hydroxyl groups excluding tert-OH is 1.